The van der Waals surface area contributed by atoms with Gasteiger partial charge in [0.25, 0.3) is 0 Å². The summed E-state index contributed by atoms with van der Waals surface area (Å²) in [6.45, 7) is 6.73. The van der Waals surface area contributed by atoms with Crippen LogP contribution in [0.2, 0.25) is 0 Å². The molecule has 17 heavy (non-hydrogen) atoms. The van der Waals surface area contributed by atoms with Crippen molar-refractivity contribution in [2.45, 2.75) is 45.3 Å². The lowest BCUT2D eigenvalue weighted by Crippen LogP contribution is -2.35. The van der Waals surface area contributed by atoms with Gasteiger partial charge < -0.3 is 10.2 Å². The number of rotatable bonds is 7. The van der Waals surface area contributed by atoms with Gasteiger partial charge in [0.1, 0.15) is 6.17 Å². The molecule has 0 spiro atoms. The van der Waals surface area contributed by atoms with E-state index in [2.05, 4.69) is 15.1 Å². The Hall–Kier alpha value is -0.230. The highest BCUT2D eigenvalue weighted by Crippen LogP contribution is 2.10. The summed E-state index contributed by atoms with van der Waals surface area (Å²) in [5.41, 5.74) is 0. The fourth-order valence-corrected chi connectivity index (χ4v) is 1.92. The van der Waals surface area contributed by atoms with Gasteiger partial charge in [0, 0.05) is 19.1 Å². The Bertz CT molecular complexity index is 173. The van der Waals surface area contributed by atoms with Crippen LogP contribution in [0.4, 0.5) is 4.39 Å². The Morgan fingerprint density at radius 3 is 2.65 bits per heavy atom. The fourth-order valence-electron chi connectivity index (χ4n) is 1.92. The maximum Gasteiger partial charge on any atom is 0.114 e. The van der Waals surface area contributed by atoms with Crippen LogP contribution in [-0.4, -0.2) is 55.7 Å². The molecule has 1 aliphatic heterocycles. The average molecular weight is 250 g/mol. The van der Waals surface area contributed by atoms with Crippen molar-refractivity contribution in [3.63, 3.8) is 0 Å². The molecule has 1 saturated heterocycles. The molecule has 0 bridgehead atoms. The maximum absolute atomic E-state index is 12.9. The Balaban J connectivity index is 0.00000121. The summed E-state index contributed by atoms with van der Waals surface area (Å²) in [6, 6.07) is 0.291. The van der Waals surface area contributed by atoms with E-state index in [1.807, 2.05) is 20.9 Å². The van der Waals surface area contributed by atoms with Crippen molar-refractivity contribution in [2.75, 3.05) is 33.3 Å². The van der Waals surface area contributed by atoms with E-state index in [9.17, 15) is 4.39 Å². The van der Waals surface area contributed by atoms with Crippen molar-refractivity contribution in [2.24, 2.45) is 0 Å². The first kappa shape index (κ1) is 16.8. The van der Waals surface area contributed by atoms with Gasteiger partial charge in [-0.3, -0.25) is 5.26 Å². The molecule has 1 aliphatic rings. The number of likely N-dealkylation sites (N-methyl/N-ethyl adjacent to an activating group) is 1. The Labute approximate surface area is 104 Å². The molecule has 104 valence electrons. The van der Waals surface area contributed by atoms with Crippen LogP contribution >= 0.6 is 0 Å². The Morgan fingerprint density at radius 1 is 1.41 bits per heavy atom. The number of alkyl halides is 1. The first-order chi connectivity index (χ1) is 8.22. The molecule has 1 rings (SSSR count). The molecule has 0 aliphatic carbocycles. The lowest BCUT2D eigenvalue weighted by Gasteiger charge is -2.20. The zero-order chi connectivity index (χ0) is 13.1. The SMILES string of the molecule is CC.CN(CCCCOO)CC1CC(F)CN1. The highest BCUT2D eigenvalue weighted by atomic mass is 19.1. The quantitative estimate of drug-likeness (QED) is 0.411. The van der Waals surface area contributed by atoms with Gasteiger partial charge in [-0.05, 0) is 32.9 Å². The van der Waals surface area contributed by atoms with Crippen LogP contribution in [0.1, 0.15) is 33.1 Å². The number of hydrogen-bond donors (Lipinski definition) is 2. The lowest BCUT2D eigenvalue weighted by atomic mass is 10.2. The molecule has 0 saturated carbocycles. The number of nitrogens with one attached hydrogen (secondary N) is 1. The second-order valence-corrected chi connectivity index (χ2v) is 4.24. The molecule has 4 nitrogen and oxygen atoms in total. The van der Waals surface area contributed by atoms with Gasteiger partial charge in [0.15, 0.2) is 0 Å². The van der Waals surface area contributed by atoms with Crippen LogP contribution in [0.25, 0.3) is 0 Å². The van der Waals surface area contributed by atoms with E-state index >= 15 is 0 Å². The van der Waals surface area contributed by atoms with Crippen LogP contribution in [0, 0.1) is 0 Å². The third-order valence-electron chi connectivity index (χ3n) is 2.73. The molecule has 2 N–H and O–H groups in total. The summed E-state index contributed by atoms with van der Waals surface area (Å²) in [5, 5.41) is 11.3. The summed E-state index contributed by atoms with van der Waals surface area (Å²) in [5.74, 6) is 0. The van der Waals surface area contributed by atoms with Crippen molar-refractivity contribution >= 4 is 0 Å². The number of hydrogen-bond acceptors (Lipinski definition) is 4. The molecule has 2 unspecified atom stereocenters. The van der Waals surface area contributed by atoms with Crippen molar-refractivity contribution < 1.29 is 14.5 Å². The smallest absolute Gasteiger partial charge is 0.114 e. The lowest BCUT2D eigenvalue weighted by molar-refractivity contribution is -0.242. The van der Waals surface area contributed by atoms with Gasteiger partial charge in [-0.1, -0.05) is 13.8 Å². The van der Waals surface area contributed by atoms with E-state index in [4.69, 9.17) is 5.26 Å². The van der Waals surface area contributed by atoms with Crippen LogP contribution in [-0.2, 0) is 4.89 Å². The van der Waals surface area contributed by atoms with Gasteiger partial charge in [-0.2, -0.15) is 0 Å². The van der Waals surface area contributed by atoms with Gasteiger partial charge in [0.05, 0.1) is 6.61 Å². The molecule has 2 atom stereocenters. The van der Waals surface area contributed by atoms with E-state index in [1.165, 1.54) is 0 Å². The van der Waals surface area contributed by atoms with Crippen LogP contribution < -0.4 is 5.32 Å². The van der Waals surface area contributed by atoms with Gasteiger partial charge >= 0.3 is 0 Å². The minimum absolute atomic E-state index is 0.291. The van der Waals surface area contributed by atoms with E-state index in [-0.39, 0.29) is 0 Å². The number of halogens is 1. The molecule has 5 heteroatoms. The predicted molar refractivity (Wildman–Crippen MR) is 68.0 cm³/mol. The van der Waals surface area contributed by atoms with E-state index in [0.717, 1.165) is 25.9 Å². The van der Waals surface area contributed by atoms with Crippen LogP contribution in [0.3, 0.4) is 0 Å². The van der Waals surface area contributed by atoms with E-state index in [1.54, 1.807) is 0 Å². The first-order valence-electron chi connectivity index (χ1n) is 6.54. The third-order valence-corrected chi connectivity index (χ3v) is 2.73. The highest BCUT2D eigenvalue weighted by Gasteiger charge is 2.23. The third kappa shape index (κ3) is 8.49. The molecule has 0 aromatic rings. The van der Waals surface area contributed by atoms with Crippen molar-refractivity contribution in [1.29, 1.82) is 0 Å². The molecule has 1 heterocycles. The number of unbranched alkanes of at least 4 members (excludes halogenated alkanes) is 1. The van der Waals surface area contributed by atoms with Crippen molar-refractivity contribution in [1.82, 2.24) is 10.2 Å². The first-order valence-corrected chi connectivity index (χ1v) is 6.54. The highest BCUT2D eigenvalue weighted by molar-refractivity contribution is 4.83. The van der Waals surface area contributed by atoms with Gasteiger partial charge in [0.2, 0.25) is 0 Å². The normalized spacial score (nSPS) is 23.6. The standard InChI is InChI=1S/C10H21FN2O2.C2H6/c1-13(4-2-3-5-15-14)8-10-6-9(11)7-12-10;1-2/h9-10,12,14H,2-8H2,1H3;1-2H3. The summed E-state index contributed by atoms with van der Waals surface area (Å²) >= 11 is 0. The second kappa shape index (κ2) is 10.9. The molecule has 0 aromatic heterocycles. The second-order valence-electron chi connectivity index (χ2n) is 4.24. The fraction of sp³-hybridized carbons (Fsp3) is 1.00. The van der Waals surface area contributed by atoms with E-state index in [0.29, 0.717) is 25.6 Å². The minimum atomic E-state index is -0.675. The van der Waals surface area contributed by atoms with Crippen LogP contribution in [0.15, 0.2) is 0 Å². The van der Waals surface area contributed by atoms with E-state index < -0.39 is 6.17 Å². The zero-order valence-corrected chi connectivity index (χ0v) is 11.3. The largest absolute Gasteiger partial charge is 0.310 e. The average Bonchev–Trinajstić information content (AvgIpc) is 2.73. The predicted octanol–water partition coefficient (Wildman–Crippen LogP) is 1.91. The summed E-state index contributed by atoms with van der Waals surface area (Å²) in [4.78, 5) is 6.18. The Morgan fingerprint density at radius 2 is 2.12 bits per heavy atom. The van der Waals surface area contributed by atoms with Crippen molar-refractivity contribution in [3.05, 3.63) is 0 Å². The zero-order valence-electron chi connectivity index (χ0n) is 11.3. The molecular formula is C12H27FN2O2. The van der Waals surface area contributed by atoms with Crippen molar-refractivity contribution in [3.8, 4) is 0 Å². The molecule has 0 amide bonds. The monoisotopic (exact) mass is 250 g/mol. The molecule has 0 radical (unpaired) electrons. The molecular weight excluding hydrogens is 223 g/mol. The number of nitrogens with zero attached hydrogens (tertiary/aromatic N) is 1. The molecule has 0 aromatic carbocycles. The summed E-state index contributed by atoms with van der Waals surface area (Å²) in [6.07, 6.45) is 1.80. The topological polar surface area (TPSA) is 44.7 Å². The summed E-state index contributed by atoms with van der Waals surface area (Å²) < 4.78 is 12.9. The van der Waals surface area contributed by atoms with Gasteiger partial charge in [-0.15, -0.1) is 0 Å². The summed E-state index contributed by atoms with van der Waals surface area (Å²) in [7, 11) is 2.03. The Kier molecular flexibility index (Phi) is 10.7. The van der Waals surface area contributed by atoms with Crippen LogP contribution in [0.5, 0.6) is 0 Å². The minimum Gasteiger partial charge on any atom is -0.310 e. The van der Waals surface area contributed by atoms with Gasteiger partial charge in [-0.25, -0.2) is 9.28 Å². The maximum atomic E-state index is 12.9. The molecule has 1 fully saturated rings.